The van der Waals surface area contributed by atoms with Gasteiger partial charge in [0.25, 0.3) is 0 Å². The number of furan rings is 2. The summed E-state index contributed by atoms with van der Waals surface area (Å²) in [7, 11) is 0. The van der Waals surface area contributed by atoms with Crippen molar-refractivity contribution in [2.45, 2.75) is 5.41 Å². The van der Waals surface area contributed by atoms with Gasteiger partial charge in [0, 0.05) is 66.8 Å². The number of nitrogens with zero attached hydrogens (tertiary/aromatic N) is 2. The van der Waals surface area contributed by atoms with Gasteiger partial charge in [0.05, 0.1) is 5.41 Å². The first-order valence-corrected chi connectivity index (χ1v) is 34.7. The van der Waals surface area contributed by atoms with Crippen molar-refractivity contribution in [1.82, 2.24) is 0 Å². The molecule has 0 atom stereocenters. The highest BCUT2D eigenvalue weighted by atomic mass is 16.3. The number of anilines is 6. The molecule has 0 radical (unpaired) electrons. The summed E-state index contributed by atoms with van der Waals surface area (Å²) in [5.41, 5.74) is 33.4. The van der Waals surface area contributed by atoms with Crippen molar-refractivity contribution in [2.75, 3.05) is 9.80 Å². The zero-order chi connectivity index (χ0) is 66.5. The SMILES string of the molecule is c1ccc(-c2ccc(N(c3ccc(-c4cccc5c4oc4ccccc45)cc3)c3ccc(-c4cccc5c4oc4ccc(-c6cccc(-c7ccc(N(c8ccc(-c9ccccc9)cc8)c8ccc9c(c8)C8(c%10ccccc%10-c%10ccccc%108)c8ccccc8-9)cc7)c6)cc45)cc3)cc2)cc1. The summed E-state index contributed by atoms with van der Waals surface area (Å²) >= 11 is 0. The molecule has 0 bridgehead atoms. The Bertz CT molecular complexity index is 6160. The van der Waals surface area contributed by atoms with E-state index in [0.29, 0.717) is 0 Å². The molecule has 0 amide bonds. The Balaban J connectivity index is 0.618. The normalized spacial score (nSPS) is 12.4. The number of benzene rings is 16. The van der Waals surface area contributed by atoms with Gasteiger partial charge in [0.15, 0.2) is 0 Å². The molecule has 0 unspecified atom stereocenters. The van der Waals surface area contributed by atoms with E-state index in [1.54, 1.807) is 0 Å². The molecule has 16 aromatic carbocycles. The summed E-state index contributed by atoms with van der Waals surface area (Å²) in [5, 5.41) is 4.40. The Kier molecular flexibility index (Phi) is 13.5. The molecule has 1 spiro atoms. The molecule has 4 nitrogen and oxygen atoms in total. The molecule has 20 rings (SSSR count). The van der Waals surface area contributed by atoms with E-state index in [1.807, 2.05) is 12.1 Å². The van der Waals surface area contributed by atoms with Crippen LogP contribution in [0.3, 0.4) is 0 Å². The van der Waals surface area contributed by atoms with Crippen molar-refractivity contribution in [2.24, 2.45) is 0 Å². The monoisotopic (exact) mass is 1290 g/mol. The van der Waals surface area contributed by atoms with E-state index in [4.69, 9.17) is 8.83 Å². The number of fused-ring (bicyclic) bond motifs is 16. The van der Waals surface area contributed by atoms with Gasteiger partial charge in [-0.2, -0.15) is 0 Å². The Morgan fingerprint density at radius 2 is 0.495 bits per heavy atom. The zero-order valence-electron chi connectivity index (χ0n) is 55.0. The second-order valence-electron chi connectivity index (χ2n) is 26.6. The van der Waals surface area contributed by atoms with Crippen LogP contribution in [0.15, 0.2) is 385 Å². The maximum absolute atomic E-state index is 6.87. The molecular formula is C97H62N2O2. The molecule has 2 aliphatic carbocycles. The van der Waals surface area contributed by atoms with E-state index in [9.17, 15) is 0 Å². The number of hydrogen-bond donors (Lipinski definition) is 0. The van der Waals surface area contributed by atoms with Crippen molar-refractivity contribution in [1.29, 1.82) is 0 Å². The lowest BCUT2D eigenvalue weighted by molar-refractivity contribution is 0.669. The Morgan fingerprint density at radius 1 is 0.178 bits per heavy atom. The molecular weight excluding hydrogens is 1230 g/mol. The molecule has 18 aromatic rings. The lowest BCUT2D eigenvalue weighted by Crippen LogP contribution is -2.26. The zero-order valence-corrected chi connectivity index (χ0v) is 55.0. The minimum Gasteiger partial charge on any atom is -0.455 e. The fourth-order valence-electron chi connectivity index (χ4n) is 16.4. The number of rotatable bonds is 12. The Labute approximate surface area is 585 Å². The van der Waals surface area contributed by atoms with Crippen molar-refractivity contribution in [3.8, 4) is 89.0 Å². The van der Waals surface area contributed by atoms with Crippen molar-refractivity contribution >= 4 is 78.0 Å². The van der Waals surface area contributed by atoms with Crippen LogP contribution in [0.4, 0.5) is 34.1 Å². The standard InChI is InChI=1S/C97H62N2O2/c1-3-18-63(19-4-1)65-36-47-73(48-37-65)98(74-53-42-68(43-54-74)79-28-16-30-86-85-27-10-14-35-93(85)100-95(79)86)75-55-44-69(45-56-75)80-29-17-31-87-88-61-72(46-59-94(88)101-96(80)87)71-23-15-22-70(60-71)67-40-51-77(52-41-67)99(76-49-38-66(39-50-76)64-20-5-2-6-21-64)78-57-58-84-83-26-9-13-34-91(83)97(92(84)62-78)89-32-11-7-24-81(89)82-25-8-12-33-90(82)97/h1-62H. The van der Waals surface area contributed by atoms with Crippen molar-refractivity contribution in [3.63, 3.8) is 0 Å². The van der Waals surface area contributed by atoms with E-state index < -0.39 is 5.41 Å². The van der Waals surface area contributed by atoms with Crippen LogP contribution in [0.25, 0.3) is 133 Å². The van der Waals surface area contributed by atoms with Gasteiger partial charge in [-0.1, -0.05) is 279 Å². The number of para-hydroxylation sites is 3. The van der Waals surface area contributed by atoms with Crippen LogP contribution in [-0.2, 0) is 5.41 Å². The Morgan fingerprint density at radius 3 is 1.00 bits per heavy atom. The highest BCUT2D eigenvalue weighted by Gasteiger charge is 2.51. The molecule has 0 saturated carbocycles. The lowest BCUT2D eigenvalue weighted by Gasteiger charge is -2.32. The van der Waals surface area contributed by atoms with Gasteiger partial charge in [0.1, 0.15) is 22.3 Å². The van der Waals surface area contributed by atoms with E-state index in [1.165, 1.54) is 66.8 Å². The second kappa shape index (κ2) is 23.5. The maximum atomic E-state index is 6.87. The van der Waals surface area contributed by atoms with Gasteiger partial charge in [-0.3, -0.25) is 0 Å². The fraction of sp³-hybridized carbons (Fsp3) is 0.0103. The van der Waals surface area contributed by atoms with Gasteiger partial charge in [-0.15, -0.1) is 0 Å². The number of hydrogen-bond acceptors (Lipinski definition) is 4. The van der Waals surface area contributed by atoms with Gasteiger partial charge in [0.2, 0.25) is 0 Å². The molecule has 2 heterocycles. The third-order valence-corrected chi connectivity index (χ3v) is 21.1. The highest BCUT2D eigenvalue weighted by Crippen LogP contribution is 2.63. The third kappa shape index (κ3) is 9.44. The quantitative estimate of drug-likeness (QED) is 0.122. The summed E-state index contributed by atoms with van der Waals surface area (Å²) in [6, 6.07) is 137. The predicted octanol–water partition coefficient (Wildman–Crippen LogP) is 26.8. The van der Waals surface area contributed by atoms with Crippen LogP contribution >= 0.6 is 0 Å². The van der Waals surface area contributed by atoms with E-state index in [2.05, 4.69) is 374 Å². The lowest BCUT2D eigenvalue weighted by atomic mass is 9.70. The van der Waals surface area contributed by atoms with Crippen LogP contribution in [0, 0.1) is 0 Å². The summed E-state index contributed by atoms with van der Waals surface area (Å²) in [6.07, 6.45) is 0. The molecule has 472 valence electrons. The maximum Gasteiger partial charge on any atom is 0.143 e. The van der Waals surface area contributed by atoms with Crippen LogP contribution < -0.4 is 9.80 Å². The van der Waals surface area contributed by atoms with Gasteiger partial charge >= 0.3 is 0 Å². The summed E-state index contributed by atoms with van der Waals surface area (Å²) in [5.74, 6) is 0. The highest BCUT2D eigenvalue weighted by molar-refractivity contribution is 6.12. The average Bonchev–Trinajstić information content (AvgIpc) is 1.51. The fourth-order valence-corrected chi connectivity index (χ4v) is 16.4. The van der Waals surface area contributed by atoms with Crippen molar-refractivity contribution in [3.05, 3.63) is 398 Å². The van der Waals surface area contributed by atoms with E-state index in [-0.39, 0.29) is 0 Å². The molecule has 0 fully saturated rings. The molecule has 2 aromatic heterocycles. The summed E-state index contributed by atoms with van der Waals surface area (Å²) in [6.45, 7) is 0. The van der Waals surface area contributed by atoms with Gasteiger partial charge in [-0.25, -0.2) is 0 Å². The average molecular weight is 1290 g/mol. The van der Waals surface area contributed by atoms with E-state index >= 15 is 0 Å². The summed E-state index contributed by atoms with van der Waals surface area (Å²) < 4.78 is 13.3. The topological polar surface area (TPSA) is 32.8 Å². The van der Waals surface area contributed by atoms with Gasteiger partial charge in [-0.05, 0) is 197 Å². The smallest absolute Gasteiger partial charge is 0.143 e. The molecule has 101 heavy (non-hydrogen) atoms. The molecule has 2 aliphatic rings. The van der Waals surface area contributed by atoms with Crippen LogP contribution in [0.2, 0.25) is 0 Å². The van der Waals surface area contributed by atoms with Crippen LogP contribution in [0.5, 0.6) is 0 Å². The third-order valence-electron chi connectivity index (χ3n) is 21.1. The first-order valence-electron chi connectivity index (χ1n) is 34.7. The predicted molar refractivity (Wildman–Crippen MR) is 419 cm³/mol. The summed E-state index contributed by atoms with van der Waals surface area (Å²) in [4.78, 5) is 4.76. The van der Waals surface area contributed by atoms with Crippen molar-refractivity contribution < 1.29 is 8.83 Å². The molecule has 0 N–H and O–H groups in total. The molecule has 0 aliphatic heterocycles. The second-order valence-corrected chi connectivity index (χ2v) is 26.6. The first kappa shape index (κ1) is 57.9. The minimum absolute atomic E-state index is 0.465. The molecule has 0 saturated heterocycles. The Hall–Kier alpha value is -13.3. The first-order chi connectivity index (χ1) is 50.1. The minimum atomic E-state index is -0.465. The molecule has 4 heteroatoms. The van der Waals surface area contributed by atoms with Gasteiger partial charge < -0.3 is 18.6 Å². The largest absolute Gasteiger partial charge is 0.455 e. The van der Waals surface area contributed by atoms with E-state index in [0.717, 1.165) is 123 Å². The van der Waals surface area contributed by atoms with Crippen LogP contribution in [0.1, 0.15) is 22.3 Å². The van der Waals surface area contributed by atoms with Crippen LogP contribution in [-0.4, -0.2) is 0 Å².